The number of hydrogen-bond donors (Lipinski definition) is 2. The first-order chi connectivity index (χ1) is 19.5. The minimum Gasteiger partial charge on any atom is -0.475 e. The van der Waals surface area contributed by atoms with Gasteiger partial charge >= 0.3 is 24.3 Å². The van der Waals surface area contributed by atoms with Crippen LogP contribution < -0.4 is 9.47 Å². The number of ether oxygens (including phenoxy) is 2. The Morgan fingerprint density at radius 3 is 2.17 bits per heavy atom. The first-order valence-corrected chi connectivity index (χ1v) is 12.4. The molecule has 2 aromatic rings. The van der Waals surface area contributed by atoms with Crippen molar-refractivity contribution in [2.24, 2.45) is 12.5 Å². The van der Waals surface area contributed by atoms with E-state index in [9.17, 15) is 31.1 Å². The predicted octanol–water partition coefficient (Wildman–Crippen LogP) is 3.25. The molecular weight excluding hydrogens is 582 g/mol. The summed E-state index contributed by atoms with van der Waals surface area (Å²) in [5, 5.41) is 18.6. The quantitative estimate of drug-likeness (QED) is 0.503. The SMILES string of the molecule is CN1CCC[C@]2(CN(Cc3ccc4c(c3)OCO4)C[C@H]2c2ccnn2C)C1=O.O=C(O)C(F)(F)F.O=C(O)C(F)(F)F. The van der Waals surface area contributed by atoms with Crippen molar-refractivity contribution in [1.29, 1.82) is 0 Å². The Labute approximate surface area is 235 Å². The monoisotopic (exact) mass is 610 g/mol. The van der Waals surface area contributed by atoms with Crippen molar-refractivity contribution < 1.29 is 60.4 Å². The van der Waals surface area contributed by atoms with Gasteiger partial charge in [-0.1, -0.05) is 6.07 Å². The summed E-state index contributed by atoms with van der Waals surface area (Å²) in [6, 6.07) is 8.19. The third-order valence-electron chi connectivity index (χ3n) is 7.05. The van der Waals surface area contributed by atoms with Gasteiger partial charge in [-0.25, -0.2) is 9.59 Å². The molecular formula is C25H28F6N4O7. The summed E-state index contributed by atoms with van der Waals surface area (Å²) in [6.07, 6.45) is -6.35. The van der Waals surface area contributed by atoms with Crippen LogP contribution in [0, 0.1) is 5.41 Å². The van der Waals surface area contributed by atoms with E-state index in [2.05, 4.69) is 28.2 Å². The number of likely N-dealkylation sites (tertiary alicyclic amines) is 2. The fourth-order valence-corrected chi connectivity index (χ4v) is 5.22. The van der Waals surface area contributed by atoms with Crippen LogP contribution in [0.3, 0.4) is 0 Å². The van der Waals surface area contributed by atoms with Crippen LogP contribution in [-0.4, -0.2) is 93.5 Å². The van der Waals surface area contributed by atoms with E-state index >= 15 is 0 Å². The second kappa shape index (κ2) is 12.5. The van der Waals surface area contributed by atoms with E-state index in [1.165, 1.54) is 5.56 Å². The van der Waals surface area contributed by atoms with Crippen molar-refractivity contribution in [1.82, 2.24) is 19.6 Å². The Bertz CT molecular complexity index is 1270. The fourth-order valence-electron chi connectivity index (χ4n) is 5.22. The molecule has 1 aromatic carbocycles. The van der Waals surface area contributed by atoms with Gasteiger partial charge in [0.05, 0.1) is 5.41 Å². The van der Waals surface area contributed by atoms with E-state index < -0.39 is 24.3 Å². The van der Waals surface area contributed by atoms with Gasteiger partial charge in [0.25, 0.3) is 0 Å². The summed E-state index contributed by atoms with van der Waals surface area (Å²) >= 11 is 0. The Morgan fingerprint density at radius 2 is 1.62 bits per heavy atom. The molecule has 0 radical (unpaired) electrons. The number of carboxylic acid groups (broad SMARTS) is 2. The lowest BCUT2D eigenvalue weighted by atomic mass is 9.70. The van der Waals surface area contributed by atoms with Gasteiger partial charge in [0.2, 0.25) is 12.7 Å². The third kappa shape index (κ3) is 7.43. The number of rotatable bonds is 3. The molecule has 232 valence electrons. The summed E-state index contributed by atoms with van der Waals surface area (Å²) in [5.74, 6) is -3.47. The maximum atomic E-state index is 13.4. The Morgan fingerprint density at radius 1 is 1.02 bits per heavy atom. The van der Waals surface area contributed by atoms with Crippen LogP contribution in [0.15, 0.2) is 30.5 Å². The molecule has 0 unspecified atom stereocenters. The Hall–Kier alpha value is -4.02. The van der Waals surface area contributed by atoms with Gasteiger partial charge in [0.15, 0.2) is 11.5 Å². The number of carbonyl (C=O) groups is 3. The molecule has 42 heavy (non-hydrogen) atoms. The van der Waals surface area contributed by atoms with Crippen molar-refractivity contribution in [3.8, 4) is 11.5 Å². The number of aliphatic carboxylic acids is 2. The standard InChI is InChI=1S/C21H26N4O3.2C2HF3O2/c1-23-9-3-7-21(20(23)26)13-25(12-16(21)17-6-8-22-24(17)2)11-15-4-5-18-19(10-15)28-14-27-18;2*3-2(4,5)1(6)7/h4-6,8,10,16H,3,7,9,11-14H2,1-2H3;2*(H,6,7)/t16-,21+;;/m0../s1. The highest BCUT2D eigenvalue weighted by molar-refractivity contribution is 5.85. The molecule has 3 aliphatic heterocycles. The first-order valence-electron chi connectivity index (χ1n) is 12.4. The molecule has 1 amide bonds. The second-order valence-electron chi connectivity index (χ2n) is 9.88. The maximum Gasteiger partial charge on any atom is 0.490 e. The molecule has 2 atom stereocenters. The highest BCUT2D eigenvalue weighted by Crippen LogP contribution is 2.49. The fraction of sp³-hybridized carbons (Fsp3) is 0.520. The van der Waals surface area contributed by atoms with Gasteiger partial charge in [0.1, 0.15) is 0 Å². The topological polar surface area (TPSA) is 134 Å². The van der Waals surface area contributed by atoms with Crippen LogP contribution in [0.2, 0.25) is 0 Å². The number of amides is 1. The number of halogens is 6. The molecule has 1 spiro atoms. The van der Waals surface area contributed by atoms with E-state index in [1.54, 1.807) is 0 Å². The predicted molar refractivity (Wildman–Crippen MR) is 130 cm³/mol. The molecule has 5 rings (SSSR count). The van der Waals surface area contributed by atoms with Gasteiger partial charge in [-0.3, -0.25) is 14.4 Å². The highest BCUT2D eigenvalue weighted by Gasteiger charge is 2.55. The molecule has 3 aliphatic rings. The Kier molecular flexibility index (Phi) is 9.64. The number of benzene rings is 1. The third-order valence-corrected chi connectivity index (χ3v) is 7.05. The van der Waals surface area contributed by atoms with Gasteiger partial charge in [-0.2, -0.15) is 31.4 Å². The number of piperidine rings is 1. The number of carboxylic acids is 2. The molecule has 0 saturated carbocycles. The minimum atomic E-state index is -5.08. The van der Waals surface area contributed by atoms with Crippen molar-refractivity contribution in [3.63, 3.8) is 0 Å². The van der Waals surface area contributed by atoms with Gasteiger partial charge in [-0.05, 0) is 36.6 Å². The van der Waals surface area contributed by atoms with Crippen molar-refractivity contribution in [2.45, 2.75) is 37.7 Å². The second-order valence-corrected chi connectivity index (χ2v) is 9.88. The lowest BCUT2D eigenvalue weighted by molar-refractivity contribution is -0.193. The molecule has 0 bridgehead atoms. The van der Waals surface area contributed by atoms with Crippen molar-refractivity contribution >= 4 is 17.8 Å². The van der Waals surface area contributed by atoms with E-state index in [0.717, 1.165) is 56.2 Å². The largest absolute Gasteiger partial charge is 0.490 e. The van der Waals surface area contributed by atoms with E-state index in [1.807, 2.05) is 35.9 Å². The Balaban J connectivity index is 0.000000289. The van der Waals surface area contributed by atoms with E-state index in [-0.39, 0.29) is 24.0 Å². The van der Waals surface area contributed by atoms with Crippen LogP contribution in [-0.2, 0) is 28.0 Å². The van der Waals surface area contributed by atoms with Crippen molar-refractivity contribution in [2.75, 3.05) is 33.5 Å². The van der Waals surface area contributed by atoms with Crippen LogP contribution in [0.1, 0.15) is 30.0 Å². The molecule has 0 aliphatic carbocycles. The number of fused-ring (bicyclic) bond motifs is 1. The molecule has 1 aromatic heterocycles. The van der Waals surface area contributed by atoms with Crippen LogP contribution in [0.25, 0.3) is 0 Å². The number of carbonyl (C=O) groups excluding carboxylic acids is 1. The van der Waals surface area contributed by atoms with Crippen LogP contribution in [0.4, 0.5) is 26.3 Å². The van der Waals surface area contributed by atoms with Gasteiger partial charge in [-0.15, -0.1) is 0 Å². The smallest absolute Gasteiger partial charge is 0.475 e. The summed E-state index contributed by atoms with van der Waals surface area (Å²) in [4.78, 5) is 35.5. The van der Waals surface area contributed by atoms with Crippen molar-refractivity contribution in [3.05, 3.63) is 41.7 Å². The zero-order chi connectivity index (χ0) is 31.5. The van der Waals surface area contributed by atoms with Gasteiger partial charge < -0.3 is 24.6 Å². The van der Waals surface area contributed by atoms with Crippen LogP contribution in [0.5, 0.6) is 11.5 Å². The van der Waals surface area contributed by atoms with E-state index in [4.69, 9.17) is 29.3 Å². The summed E-state index contributed by atoms with van der Waals surface area (Å²) in [7, 11) is 3.91. The molecule has 11 nitrogen and oxygen atoms in total. The molecule has 2 fully saturated rings. The lowest BCUT2D eigenvalue weighted by Crippen LogP contribution is -2.50. The normalized spacial score (nSPS) is 21.9. The lowest BCUT2D eigenvalue weighted by Gasteiger charge is -2.41. The number of hydrogen-bond acceptors (Lipinski definition) is 7. The average molecular weight is 611 g/mol. The first kappa shape index (κ1) is 32.5. The zero-order valence-electron chi connectivity index (χ0n) is 22.4. The summed E-state index contributed by atoms with van der Waals surface area (Å²) in [6.45, 7) is 3.56. The average Bonchev–Trinajstić information content (AvgIpc) is 3.61. The summed E-state index contributed by atoms with van der Waals surface area (Å²) < 4.78 is 76.4. The number of nitrogens with zero attached hydrogens (tertiary/aromatic N) is 4. The highest BCUT2D eigenvalue weighted by atomic mass is 19.4. The maximum absolute atomic E-state index is 13.4. The molecule has 4 heterocycles. The number of alkyl halides is 6. The van der Waals surface area contributed by atoms with E-state index in [0.29, 0.717) is 0 Å². The molecule has 2 N–H and O–H groups in total. The molecule has 2 saturated heterocycles. The minimum absolute atomic E-state index is 0.157. The zero-order valence-corrected chi connectivity index (χ0v) is 22.4. The number of aromatic nitrogens is 2. The van der Waals surface area contributed by atoms with Crippen LogP contribution >= 0.6 is 0 Å². The number of aryl methyl sites for hydroxylation is 1. The van der Waals surface area contributed by atoms with Gasteiger partial charge in [0, 0.05) is 58.1 Å². The summed E-state index contributed by atoms with van der Waals surface area (Å²) in [5.41, 5.74) is 1.97. The molecule has 17 heteroatoms.